The van der Waals surface area contributed by atoms with Crippen molar-refractivity contribution < 1.29 is 13.2 Å². The quantitative estimate of drug-likeness (QED) is 0.324. The van der Waals surface area contributed by atoms with E-state index < -0.39 is 9.84 Å². The molecule has 0 radical (unpaired) electrons. The smallest absolute Gasteiger partial charge is 0.234 e. The number of thioether (sulfide) groups is 1. The Hall–Kier alpha value is -3.07. The minimum Gasteiger partial charge on any atom is -0.328 e. The molecule has 4 aromatic rings. The van der Waals surface area contributed by atoms with E-state index in [4.69, 9.17) is 11.6 Å². The van der Waals surface area contributed by atoms with Crippen LogP contribution in [-0.2, 0) is 14.6 Å². The molecule has 0 bridgehead atoms. The number of aromatic nitrogens is 2. The molecular weight excluding hydrogens is 478 g/mol. The Kier molecular flexibility index (Phi) is 6.88. The van der Waals surface area contributed by atoms with Crippen LogP contribution in [0.1, 0.15) is 5.56 Å². The van der Waals surface area contributed by atoms with Gasteiger partial charge in [0.1, 0.15) is 10.9 Å². The molecule has 1 aromatic heterocycles. The number of carbonyl (C=O) groups excluding carboxylic acids is 1. The molecule has 0 fully saturated rings. The molecule has 33 heavy (non-hydrogen) atoms. The number of carbonyl (C=O) groups is 1. The summed E-state index contributed by atoms with van der Waals surface area (Å²) in [5, 5.41) is 3.38. The third-order valence-corrected chi connectivity index (χ3v) is 7.89. The predicted octanol–water partition coefficient (Wildman–Crippen LogP) is 5.60. The summed E-state index contributed by atoms with van der Waals surface area (Å²) in [6.07, 6.45) is 0. The van der Waals surface area contributed by atoms with E-state index in [2.05, 4.69) is 15.3 Å². The number of imidazole rings is 1. The zero-order valence-electron chi connectivity index (χ0n) is 17.6. The first-order valence-corrected chi connectivity index (χ1v) is 12.8. The lowest BCUT2D eigenvalue weighted by atomic mass is 10.2. The summed E-state index contributed by atoms with van der Waals surface area (Å²) in [4.78, 5) is 20.2. The van der Waals surface area contributed by atoms with Crippen LogP contribution in [0.3, 0.4) is 0 Å². The molecule has 0 atom stereocenters. The second kappa shape index (κ2) is 9.82. The van der Waals surface area contributed by atoms with Crippen LogP contribution in [0, 0.1) is 6.92 Å². The summed E-state index contributed by atoms with van der Waals surface area (Å²) in [7, 11) is -3.87. The van der Waals surface area contributed by atoms with Crippen LogP contribution in [-0.4, -0.2) is 30.0 Å². The van der Waals surface area contributed by atoms with Crippen molar-refractivity contribution in [2.45, 2.75) is 21.9 Å². The van der Waals surface area contributed by atoms with Crippen LogP contribution in [0.25, 0.3) is 11.4 Å². The molecule has 0 saturated heterocycles. The van der Waals surface area contributed by atoms with Crippen LogP contribution in [0.4, 0.5) is 5.69 Å². The summed E-state index contributed by atoms with van der Waals surface area (Å²) in [6, 6.07) is 22.7. The highest BCUT2D eigenvalue weighted by Gasteiger charge is 2.26. The zero-order valence-corrected chi connectivity index (χ0v) is 20.0. The van der Waals surface area contributed by atoms with Crippen molar-refractivity contribution in [3.63, 3.8) is 0 Å². The lowest BCUT2D eigenvalue weighted by molar-refractivity contribution is -0.113. The predicted molar refractivity (Wildman–Crippen MR) is 131 cm³/mol. The normalized spacial score (nSPS) is 11.3. The van der Waals surface area contributed by atoms with Gasteiger partial charge in [0.25, 0.3) is 0 Å². The van der Waals surface area contributed by atoms with E-state index >= 15 is 0 Å². The largest absolute Gasteiger partial charge is 0.328 e. The number of nitrogens with zero attached hydrogens (tertiary/aromatic N) is 1. The Morgan fingerprint density at radius 1 is 1.03 bits per heavy atom. The van der Waals surface area contributed by atoms with Crippen LogP contribution in [0.5, 0.6) is 0 Å². The second-order valence-corrected chi connectivity index (χ2v) is 10.5. The van der Waals surface area contributed by atoms with E-state index in [0.29, 0.717) is 16.5 Å². The third kappa shape index (κ3) is 5.30. The summed E-state index contributed by atoms with van der Waals surface area (Å²) in [6.45, 7) is 1.91. The lowest BCUT2D eigenvalue weighted by Gasteiger charge is -2.08. The molecule has 0 saturated carbocycles. The molecule has 0 aliphatic rings. The molecule has 4 rings (SSSR count). The molecule has 1 heterocycles. The van der Waals surface area contributed by atoms with Crippen molar-refractivity contribution in [3.05, 3.63) is 89.4 Å². The number of hydrogen-bond acceptors (Lipinski definition) is 5. The highest BCUT2D eigenvalue weighted by molar-refractivity contribution is 8.00. The number of aryl methyl sites for hydroxylation is 1. The first-order chi connectivity index (χ1) is 15.8. The average molecular weight is 498 g/mol. The van der Waals surface area contributed by atoms with Gasteiger partial charge >= 0.3 is 0 Å². The summed E-state index contributed by atoms with van der Waals surface area (Å²) >= 11 is 7.24. The maximum Gasteiger partial charge on any atom is 0.234 e. The maximum absolute atomic E-state index is 13.3. The van der Waals surface area contributed by atoms with E-state index in [0.717, 1.165) is 22.9 Å². The highest BCUT2D eigenvalue weighted by Crippen LogP contribution is 2.32. The molecule has 0 unspecified atom stereocenters. The van der Waals surface area contributed by atoms with E-state index in [-0.39, 0.29) is 26.6 Å². The summed E-state index contributed by atoms with van der Waals surface area (Å²) in [5.74, 6) is 0.0494. The fraction of sp³-hybridized carbons (Fsp3) is 0.0833. The number of sulfone groups is 1. The molecule has 9 heteroatoms. The van der Waals surface area contributed by atoms with Gasteiger partial charge in [-0.1, -0.05) is 78.0 Å². The first-order valence-electron chi connectivity index (χ1n) is 9.99. The lowest BCUT2D eigenvalue weighted by Crippen LogP contribution is -2.14. The zero-order chi connectivity index (χ0) is 23.4. The molecular formula is C24H20ClN3O3S2. The number of anilines is 1. The Bertz CT molecular complexity index is 1390. The molecule has 2 N–H and O–H groups in total. The van der Waals surface area contributed by atoms with Gasteiger partial charge in [-0.15, -0.1) is 0 Å². The number of amides is 1. The number of H-pyrrole nitrogens is 1. The summed E-state index contributed by atoms with van der Waals surface area (Å²) < 4.78 is 26.6. The van der Waals surface area contributed by atoms with E-state index in [1.54, 1.807) is 30.3 Å². The Morgan fingerprint density at radius 3 is 2.36 bits per heavy atom. The maximum atomic E-state index is 13.3. The molecule has 0 aliphatic heterocycles. The van der Waals surface area contributed by atoms with Gasteiger partial charge in [-0.05, 0) is 36.8 Å². The standard InChI is InChI=1S/C24H20ClN3O3S2/c1-16-12-13-20(19(25)14-16)26-21(29)15-32-23-24(33(30,31)18-10-6-3-7-11-18)28-22(27-23)17-8-4-2-5-9-17/h2-14H,15H2,1H3,(H,26,29)(H,27,28). The van der Waals surface area contributed by atoms with Crippen molar-refractivity contribution in [2.75, 3.05) is 11.1 Å². The van der Waals surface area contributed by atoms with Gasteiger partial charge in [0, 0.05) is 5.56 Å². The van der Waals surface area contributed by atoms with Gasteiger partial charge in [0.2, 0.25) is 15.7 Å². The van der Waals surface area contributed by atoms with Crippen LogP contribution in [0.15, 0.2) is 93.8 Å². The van der Waals surface area contributed by atoms with Crippen LogP contribution >= 0.6 is 23.4 Å². The topological polar surface area (TPSA) is 91.9 Å². The number of rotatable bonds is 7. The fourth-order valence-corrected chi connectivity index (χ4v) is 5.84. The van der Waals surface area contributed by atoms with Crippen molar-refractivity contribution in [1.29, 1.82) is 0 Å². The molecule has 1 amide bonds. The van der Waals surface area contributed by atoms with Gasteiger partial charge in [-0.25, -0.2) is 13.4 Å². The Labute approximate surface area is 201 Å². The third-order valence-electron chi connectivity index (χ3n) is 4.75. The number of hydrogen-bond donors (Lipinski definition) is 2. The number of halogens is 1. The van der Waals surface area contributed by atoms with Crippen molar-refractivity contribution in [2.24, 2.45) is 0 Å². The van der Waals surface area contributed by atoms with E-state index in [1.165, 1.54) is 12.1 Å². The number of benzene rings is 3. The molecule has 6 nitrogen and oxygen atoms in total. The first kappa shape index (κ1) is 23.1. The number of aromatic amines is 1. The number of nitrogens with one attached hydrogen (secondary N) is 2. The molecule has 3 aromatic carbocycles. The van der Waals surface area contributed by atoms with Gasteiger partial charge in [0.05, 0.1) is 21.4 Å². The molecule has 0 spiro atoms. The Morgan fingerprint density at radius 2 is 1.70 bits per heavy atom. The van der Waals surface area contributed by atoms with E-state index in [1.807, 2.05) is 43.3 Å². The van der Waals surface area contributed by atoms with Gasteiger partial charge in [-0.3, -0.25) is 4.79 Å². The summed E-state index contributed by atoms with van der Waals surface area (Å²) in [5.41, 5.74) is 2.22. The van der Waals surface area contributed by atoms with Gasteiger partial charge in [0.15, 0.2) is 5.03 Å². The molecule has 168 valence electrons. The van der Waals surface area contributed by atoms with Crippen LogP contribution in [0.2, 0.25) is 5.02 Å². The highest BCUT2D eigenvalue weighted by atomic mass is 35.5. The van der Waals surface area contributed by atoms with Crippen LogP contribution < -0.4 is 5.32 Å². The van der Waals surface area contributed by atoms with Crippen molar-refractivity contribution in [3.8, 4) is 11.4 Å². The van der Waals surface area contributed by atoms with Crippen molar-refractivity contribution in [1.82, 2.24) is 9.97 Å². The monoisotopic (exact) mass is 497 g/mol. The minimum atomic E-state index is -3.87. The minimum absolute atomic E-state index is 0.0411. The van der Waals surface area contributed by atoms with Crippen molar-refractivity contribution >= 4 is 44.8 Å². The van der Waals surface area contributed by atoms with E-state index in [9.17, 15) is 13.2 Å². The van der Waals surface area contributed by atoms with Gasteiger partial charge < -0.3 is 10.3 Å². The Balaban J connectivity index is 1.62. The van der Waals surface area contributed by atoms with Gasteiger partial charge in [-0.2, -0.15) is 0 Å². The molecule has 0 aliphatic carbocycles. The average Bonchev–Trinajstić information content (AvgIpc) is 3.26. The SMILES string of the molecule is Cc1ccc(NC(=O)CSc2nc(-c3ccccc3)[nH]c2S(=O)(=O)c2ccccc2)c(Cl)c1. The second-order valence-electron chi connectivity index (χ2n) is 7.22. The fourth-order valence-electron chi connectivity index (χ4n) is 3.11.